The molecule has 0 aliphatic carbocycles. The molecule has 1 aromatic heterocycles. The van der Waals surface area contributed by atoms with E-state index in [0.29, 0.717) is 22.5 Å². The molecule has 0 radical (unpaired) electrons. The van der Waals surface area contributed by atoms with Gasteiger partial charge < -0.3 is 9.55 Å². The first kappa shape index (κ1) is 16.4. The smallest absolute Gasteiger partial charge is 0.178 e. The third kappa shape index (κ3) is 3.44. The van der Waals surface area contributed by atoms with Crippen LogP contribution in [0, 0.1) is 4.77 Å². The molecule has 8 heteroatoms. The Bertz CT molecular complexity index is 849. The number of hydrogen-bond acceptors (Lipinski definition) is 4. The summed E-state index contributed by atoms with van der Waals surface area (Å²) in [5.74, 6) is 0.585. The molecule has 0 spiro atoms. The number of sulfone groups is 1. The zero-order valence-electron chi connectivity index (χ0n) is 12.1. The van der Waals surface area contributed by atoms with Crippen LogP contribution in [-0.2, 0) is 20.6 Å². The summed E-state index contributed by atoms with van der Waals surface area (Å²) in [6, 6.07) is 5.17. The predicted molar refractivity (Wildman–Crippen MR) is 88.5 cm³/mol. The van der Waals surface area contributed by atoms with Gasteiger partial charge >= 0.3 is 0 Å². The largest absolute Gasteiger partial charge is 0.329 e. The van der Waals surface area contributed by atoms with Crippen molar-refractivity contribution >= 4 is 43.9 Å². The van der Waals surface area contributed by atoms with Crippen LogP contribution in [0.15, 0.2) is 23.1 Å². The molecule has 0 amide bonds. The first-order chi connectivity index (χ1) is 9.71. The first-order valence-corrected chi connectivity index (χ1v) is 10.5. The van der Waals surface area contributed by atoms with Crippen LogP contribution in [0.4, 0.5) is 0 Å². The number of hydrogen-bond donors (Lipinski definition) is 1. The van der Waals surface area contributed by atoms with Gasteiger partial charge in [-0.25, -0.2) is 8.42 Å². The van der Waals surface area contributed by atoms with Gasteiger partial charge in [-0.2, -0.15) is 0 Å². The molecule has 0 bridgehead atoms. The van der Waals surface area contributed by atoms with Gasteiger partial charge in [0.1, 0.15) is 0 Å². The van der Waals surface area contributed by atoms with E-state index in [4.69, 9.17) is 12.2 Å². The SMILES string of the molecule is CC(CCS(C)=O)n1c(=S)[nH]c2c(S(C)(=O)=O)cccc21. The van der Waals surface area contributed by atoms with Crippen molar-refractivity contribution in [1.82, 2.24) is 9.55 Å². The molecule has 0 fully saturated rings. The number of nitrogens with one attached hydrogen (secondary N) is 1. The van der Waals surface area contributed by atoms with Crippen molar-refractivity contribution in [2.45, 2.75) is 24.3 Å². The lowest BCUT2D eigenvalue weighted by Gasteiger charge is -2.14. The second kappa shape index (κ2) is 6.02. The fourth-order valence-corrected chi connectivity index (χ4v) is 4.24. The van der Waals surface area contributed by atoms with Gasteiger partial charge in [-0.05, 0) is 37.7 Å². The van der Waals surface area contributed by atoms with Crippen molar-refractivity contribution in [1.29, 1.82) is 0 Å². The van der Waals surface area contributed by atoms with E-state index in [9.17, 15) is 12.6 Å². The Kier molecular flexibility index (Phi) is 4.69. The summed E-state index contributed by atoms with van der Waals surface area (Å²) in [5.41, 5.74) is 1.30. The van der Waals surface area contributed by atoms with Gasteiger partial charge in [0.25, 0.3) is 0 Å². The minimum absolute atomic E-state index is 0.0463. The number of rotatable bonds is 5. The fourth-order valence-electron chi connectivity index (χ4n) is 2.33. The molecular formula is C13H18N2O3S3. The zero-order valence-corrected chi connectivity index (χ0v) is 14.6. The highest BCUT2D eigenvalue weighted by atomic mass is 32.2. The van der Waals surface area contributed by atoms with E-state index in [-0.39, 0.29) is 10.9 Å². The van der Waals surface area contributed by atoms with E-state index in [0.717, 1.165) is 5.52 Å². The molecule has 5 nitrogen and oxygen atoms in total. The van der Waals surface area contributed by atoms with Crippen molar-refractivity contribution in [3.05, 3.63) is 23.0 Å². The second-order valence-corrected chi connectivity index (χ2v) is 9.06. The molecule has 1 N–H and O–H groups in total. The predicted octanol–water partition coefficient (Wildman–Crippen LogP) is 2.43. The molecule has 0 saturated heterocycles. The first-order valence-electron chi connectivity index (χ1n) is 6.45. The summed E-state index contributed by atoms with van der Waals surface area (Å²) >= 11 is 5.33. The monoisotopic (exact) mass is 346 g/mol. The van der Waals surface area contributed by atoms with E-state index in [1.807, 2.05) is 17.6 Å². The number of fused-ring (bicyclic) bond motifs is 1. The van der Waals surface area contributed by atoms with Crippen LogP contribution in [-0.4, -0.2) is 40.4 Å². The summed E-state index contributed by atoms with van der Waals surface area (Å²) in [5, 5.41) is 0. The highest BCUT2D eigenvalue weighted by molar-refractivity contribution is 7.91. The Morgan fingerprint density at radius 2 is 2.10 bits per heavy atom. The minimum atomic E-state index is -3.32. The van der Waals surface area contributed by atoms with Crippen molar-refractivity contribution in [2.24, 2.45) is 0 Å². The van der Waals surface area contributed by atoms with Gasteiger partial charge in [0.2, 0.25) is 0 Å². The van der Waals surface area contributed by atoms with E-state index in [1.165, 1.54) is 6.26 Å². The van der Waals surface area contributed by atoms with Gasteiger partial charge in [0, 0.05) is 35.1 Å². The topological polar surface area (TPSA) is 71.9 Å². The molecule has 2 atom stereocenters. The third-order valence-electron chi connectivity index (χ3n) is 3.38. The summed E-state index contributed by atoms with van der Waals surface area (Å²) in [7, 11) is -4.18. The molecule has 2 rings (SSSR count). The van der Waals surface area contributed by atoms with Crippen LogP contribution in [0.1, 0.15) is 19.4 Å². The average Bonchev–Trinajstić information content (AvgIpc) is 2.70. The number of benzene rings is 1. The van der Waals surface area contributed by atoms with Crippen molar-refractivity contribution < 1.29 is 12.6 Å². The zero-order chi connectivity index (χ0) is 15.8. The van der Waals surface area contributed by atoms with Crippen LogP contribution < -0.4 is 0 Å². The minimum Gasteiger partial charge on any atom is -0.329 e. The quantitative estimate of drug-likeness (QED) is 0.844. The summed E-state index contributed by atoms with van der Waals surface area (Å²) in [4.78, 5) is 3.24. The Hall–Kier alpha value is -0.990. The van der Waals surface area contributed by atoms with E-state index in [2.05, 4.69) is 4.98 Å². The lowest BCUT2D eigenvalue weighted by molar-refractivity contribution is 0.539. The summed E-state index contributed by atoms with van der Waals surface area (Å²) < 4.78 is 37.3. The van der Waals surface area contributed by atoms with E-state index >= 15 is 0 Å². The van der Waals surface area contributed by atoms with Gasteiger partial charge in [0.05, 0.1) is 15.9 Å². The Balaban J connectivity index is 2.59. The number of para-hydroxylation sites is 1. The Labute approximate surface area is 131 Å². The Morgan fingerprint density at radius 3 is 2.67 bits per heavy atom. The molecule has 2 unspecified atom stereocenters. The molecule has 116 valence electrons. The molecule has 21 heavy (non-hydrogen) atoms. The van der Waals surface area contributed by atoms with Crippen LogP contribution in [0.5, 0.6) is 0 Å². The van der Waals surface area contributed by atoms with Gasteiger partial charge in [0.15, 0.2) is 14.6 Å². The lowest BCUT2D eigenvalue weighted by atomic mass is 10.2. The Morgan fingerprint density at radius 1 is 1.43 bits per heavy atom. The van der Waals surface area contributed by atoms with Crippen LogP contribution in [0.3, 0.4) is 0 Å². The summed E-state index contributed by atoms with van der Waals surface area (Å²) in [6.45, 7) is 1.99. The molecule has 2 aromatic rings. The van der Waals surface area contributed by atoms with Crippen molar-refractivity contribution in [3.63, 3.8) is 0 Å². The number of H-pyrrole nitrogens is 1. The normalized spacial score (nSPS) is 15.2. The highest BCUT2D eigenvalue weighted by Crippen LogP contribution is 2.26. The maximum absolute atomic E-state index is 11.8. The number of aromatic amines is 1. The molecule has 1 heterocycles. The number of imidazole rings is 1. The second-order valence-electron chi connectivity index (χ2n) is 5.14. The van der Waals surface area contributed by atoms with Gasteiger partial charge in [-0.15, -0.1) is 0 Å². The molecule has 0 aliphatic rings. The molecule has 1 aromatic carbocycles. The van der Waals surface area contributed by atoms with Crippen LogP contribution >= 0.6 is 12.2 Å². The standard InChI is InChI=1S/C13H18N2O3S3/c1-9(7-8-20(2)16)15-10-5-4-6-11(21(3,17)18)12(10)14-13(15)19/h4-6,9H,7-8H2,1-3H3,(H,14,19). The van der Waals surface area contributed by atoms with Gasteiger partial charge in [-0.3, -0.25) is 4.21 Å². The molecule has 0 saturated carbocycles. The van der Waals surface area contributed by atoms with Crippen LogP contribution in [0.25, 0.3) is 11.0 Å². The number of nitrogens with zero attached hydrogens (tertiary/aromatic N) is 1. The maximum atomic E-state index is 11.8. The van der Waals surface area contributed by atoms with Crippen LogP contribution in [0.2, 0.25) is 0 Å². The maximum Gasteiger partial charge on any atom is 0.178 e. The molecular weight excluding hydrogens is 328 g/mol. The van der Waals surface area contributed by atoms with Crippen molar-refractivity contribution in [3.8, 4) is 0 Å². The van der Waals surface area contributed by atoms with E-state index < -0.39 is 20.6 Å². The molecule has 0 aliphatic heterocycles. The van der Waals surface area contributed by atoms with Crippen molar-refractivity contribution in [2.75, 3.05) is 18.3 Å². The number of aromatic nitrogens is 2. The lowest BCUT2D eigenvalue weighted by Crippen LogP contribution is -2.09. The average molecular weight is 346 g/mol. The third-order valence-corrected chi connectivity index (χ3v) is 5.63. The summed E-state index contributed by atoms with van der Waals surface area (Å²) in [6.07, 6.45) is 3.57. The fraction of sp³-hybridized carbons (Fsp3) is 0.462. The highest BCUT2D eigenvalue weighted by Gasteiger charge is 2.17. The van der Waals surface area contributed by atoms with Gasteiger partial charge in [-0.1, -0.05) is 6.07 Å². The van der Waals surface area contributed by atoms with E-state index in [1.54, 1.807) is 18.4 Å².